The fraction of sp³-hybridized carbons (Fsp3) is 0.542. The van der Waals surface area contributed by atoms with Crippen molar-refractivity contribution < 1.29 is 9.18 Å². The SMILES string of the molecule is O=C(NCc1ccc(C2CC2)cc1F)C(C1CC1)[C@@H]1CCCN(c2ccnc(=O)[nH]2)C1. The molecule has 2 heterocycles. The Morgan fingerprint density at radius 2 is 2.03 bits per heavy atom. The van der Waals surface area contributed by atoms with Gasteiger partial charge in [0.25, 0.3) is 0 Å². The number of aromatic amines is 1. The zero-order valence-electron chi connectivity index (χ0n) is 17.6. The summed E-state index contributed by atoms with van der Waals surface area (Å²) in [5, 5.41) is 3.02. The van der Waals surface area contributed by atoms with Crippen molar-refractivity contribution >= 4 is 11.7 Å². The van der Waals surface area contributed by atoms with Crippen LogP contribution in [0.25, 0.3) is 0 Å². The molecule has 6 nitrogen and oxygen atoms in total. The smallest absolute Gasteiger partial charge is 0.346 e. The number of rotatable bonds is 7. The highest BCUT2D eigenvalue weighted by Crippen LogP contribution is 2.43. The largest absolute Gasteiger partial charge is 0.358 e. The van der Waals surface area contributed by atoms with Gasteiger partial charge in [0.05, 0.1) is 0 Å². The minimum absolute atomic E-state index is 0.0308. The van der Waals surface area contributed by atoms with Gasteiger partial charge in [0.2, 0.25) is 5.91 Å². The van der Waals surface area contributed by atoms with Crippen molar-refractivity contribution in [2.75, 3.05) is 18.0 Å². The molecule has 7 heteroatoms. The number of benzene rings is 1. The summed E-state index contributed by atoms with van der Waals surface area (Å²) in [5.74, 6) is 1.65. The number of anilines is 1. The van der Waals surface area contributed by atoms with Crippen molar-refractivity contribution in [1.29, 1.82) is 0 Å². The molecule has 3 aliphatic rings. The van der Waals surface area contributed by atoms with Crippen LogP contribution in [0.15, 0.2) is 35.3 Å². The van der Waals surface area contributed by atoms with Crippen molar-refractivity contribution in [2.24, 2.45) is 17.8 Å². The van der Waals surface area contributed by atoms with Gasteiger partial charge in [-0.05, 0) is 74.0 Å². The van der Waals surface area contributed by atoms with Crippen LogP contribution in [0, 0.1) is 23.6 Å². The predicted molar refractivity (Wildman–Crippen MR) is 116 cm³/mol. The van der Waals surface area contributed by atoms with E-state index < -0.39 is 0 Å². The quantitative estimate of drug-likeness (QED) is 0.715. The van der Waals surface area contributed by atoms with Crippen LogP contribution in [0.4, 0.5) is 10.2 Å². The normalized spacial score (nSPS) is 22.2. The second-order valence-electron chi connectivity index (χ2n) is 9.31. The second kappa shape index (κ2) is 8.44. The van der Waals surface area contributed by atoms with Gasteiger partial charge in [-0.3, -0.25) is 9.78 Å². The molecule has 2 aliphatic carbocycles. The van der Waals surface area contributed by atoms with Crippen LogP contribution in [-0.4, -0.2) is 29.0 Å². The Labute approximate surface area is 181 Å². The third kappa shape index (κ3) is 4.65. The van der Waals surface area contributed by atoms with Crippen LogP contribution in [0.2, 0.25) is 0 Å². The van der Waals surface area contributed by atoms with Gasteiger partial charge in [0.1, 0.15) is 11.6 Å². The lowest BCUT2D eigenvalue weighted by Crippen LogP contribution is -2.45. The monoisotopic (exact) mass is 424 g/mol. The van der Waals surface area contributed by atoms with Gasteiger partial charge >= 0.3 is 5.69 Å². The minimum Gasteiger partial charge on any atom is -0.358 e. The van der Waals surface area contributed by atoms with E-state index in [1.54, 1.807) is 6.07 Å². The number of nitrogens with zero attached hydrogens (tertiary/aromatic N) is 2. The van der Waals surface area contributed by atoms with Gasteiger partial charge in [0, 0.05) is 37.3 Å². The number of hydrogen-bond donors (Lipinski definition) is 2. The highest BCUT2D eigenvalue weighted by molar-refractivity contribution is 5.79. The molecule has 1 amide bonds. The van der Waals surface area contributed by atoms with E-state index in [-0.39, 0.29) is 35.8 Å². The molecule has 31 heavy (non-hydrogen) atoms. The van der Waals surface area contributed by atoms with Crippen LogP contribution in [0.1, 0.15) is 55.6 Å². The molecule has 0 radical (unpaired) electrons. The average molecular weight is 425 g/mol. The highest BCUT2D eigenvalue weighted by atomic mass is 19.1. The molecule has 3 fully saturated rings. The number of carbonyl (C=O) groups is 1. The molecular weight excluding hydrogens is 395 g/mol. The summed E-state index contributed by atoms with van der Waals surface area (Å²) < 4.78 is 14.5. The van der Waals surface area contributed by atoms with Gasteiger partial charge in [0.15, 0.2) is 0 Å². The number of halogens is 1. The maximum absolute atomic E-state index is 14.5. The molecule has 1 aliphatic heterocycles. The number of carbonyl (C=O) groups excluding carboxylic acids is 1. The van der Waals surface area contributed by atoms with Crippen LogP contribution < -0.4 is 15.9 Å². The van der Waals surface area contributed by atoms with Gasteiger partial charge < -0.3 is 10.2 Å². The average Bonchev–Trinajstić information content (AvgIpc) is 3.67. The van der Waals surface area contributed by atoms with Crippen LogP contribution in [-0.2, 0) is 11.3 Å². The molecule has 1 saturated heterocycles. The molecule has 0 bridgehead atoms. The van der Waals surface area contributed by atoms with Crippen molar-refractivity contribution in [1.82, 2.24) is 15.3 Å². The Bertz CT molecular complexity index is 1010. The molecule has 5 rings (SSSR count). The molecule has 2 N–H and O–H groups in total. The van der Waals surface area contributed by atoms with E-state index in [4.69, 9.17) is 0 Å². The predicted octanol–water partition coefficient (Wildman–Crippen LogP) is 3.35. The topological polar surface area (TPSA) is 78.1 Å². The summed E-state index contributed by atoms with van der Waals surface area (Å²) in [7, 11) is 0. The van der Waals surface area contributed by atoms with E-state index in [9.17, 15) is 14.0 Å². The molecule has 1 aromatic carbocycles. The molecule has 2 aromatic rings. The summed E-state index contributed by atoms with van der Waals surface area (Å²) in [6.07, 6.45) is 7.92. The Balaban J connectivity index is 1.25. The number of H-pyrrole nitrogens is 1. The van der Waals surface area contributed by atoms with Crippen molar-refractivity contribution in [2.45, 2.75) is 51.0 Å². The van der Waals surface area contributed by atoms with Crippen LogP contribution in [0.3, 0.4) is 0 Å². The number of piperidine rings is 1. The summed E-state index contributed by atoms with van der Waals surface area (Å²) in [6, 6.07) is 7.25. The lowest BCUT2D eigenvalue weighted by atomic mass is 9.81. The lowest BCUT2D eigenvalue weighted by molar-refractivity contribution is -0.127. The number of nitrogens with one attached hydrogen (secondary N) is 2. The Morgan fingerprint density at radius 3 is 2.74 bits per heavy atom. The molecule has 1 unspecified atom stereocenters. The highest BCUT2D eigenvalue weighted by Gasteiger charge is 2.42. The van der Waals surface area contributed by atoms with Crippen molar-refractivity contribution in [3.05, 3.63) is 57.9 Å². The first kappa shape index (κ1) is 20.2. The van der Waals surface area contributed by atoms with Crippen LogP contribution >= 0.6 is 0 Å². The third-order valence-electron chi connectivity index (χ3n) is 6.98. The van der Waals surface area contributed by atoms with Crippen LogP contribution in [0.5, 0.6) is 0 Å². The van der Waals surface area contributed by atoms with Crippen molar-refractivity contribution in [3.8, 4) is 0 Å². The minimum atomic E-state index is -0.356. The molecule has 2 atom stereocenters. The maximum atomic E-state index is 14.5. The van der Waals surface area contributed by atoms with E-state index in [1.807, 2.05) is 18.2 Å². The van der Waals surface area contributed by atoms with Crippen molar-refractivity contribution in [3.63, 3.8) is 0 Å². The fourth-order valence-corrected chi connectivity index (χ4v) is 5.01. The number of aromatic nitrogens is 2. The Morgan fingerprint density at radius 1 is 1.19 bits per heavy atom. The van der Waals surface area contributed by atoms with E-state index >= 15 is 0 Å². The van der Waals surface area contributed by atoms with E-state index in [0.717, 1.165) is 63.0 Å². The summed E-state index contributed by atoms with van der Waals surface area (Å²) in [5.41, 5.74) is 1.26. The fourth-order valence-electron chi connectivity index (χ4n) is 5.01. The van der Waals surface area contributed by atoms with Gasteiger partial charge in [-0.2, -0.15) is 0 Å². The van der Waals surface area contributed by atoms with E-state index in [1.165, 1.54) is 6.20 Å². The summed E-state index contributed by atoms with van der Waals surface area (Å²) in [4.78, 5) is 33.4. The lowest BCUT2D eigenvalue weighted by Gasteiger charge is -2.37. The first-order valence-corrected chi connectivity index (χ1v) is 11.4. The first-order valence-electron chi connectivity index (χ1n) is 11.4. The van der Waals surface area contributed by atoms with E-state index in [2.05, 4.69) is 20.2 Å². The number of amides is 1. The zero-order chi connectivity index (χ0) is 21.4. The van der Waals surface area contributed by atoms with E-state index in [0.29, 0.717) is 17.4 Å². The van der Waals surface area contributed by atoms with Gasteiger partial charge in [-0.15, -0.1) is 0 Å². The molecule has 164 valence electrons. The second-order valence-corrected chi connectivity index (χ2v) is 9.31. The molecule has 2 saturated carbocycles. The first-order chi connectivity index (χ1) is 15.1. The number of hydrogen-bond acceptors (Lipinski definition) is 4. The Hall–Kier alpha value is -2.70. The maximum Gasteiger partial charge on any atom is 0.346 e. The summed E-state index contributed by atoms with van der Waals surface area (Å²) >= 11 is 0. The molecular formula is C24H29FN4O2. The zero-order valence-corrected chi connectivity index (χ0v) is 17.6. The molecule has 0 spiro atoms. The standard InChI is InChI=1S/C24H29FN4O2/c25-20-12-17(15-3-4-15)7-8-18(20)13-27-23(30)22(16-5-6-16)19-2-1-11-29(14-19)21-9-10-26-24(31)28-21/h7-10,12,15-16,19,22H,1-6,11,13-14H2,(H,27,30)(H,26,28,31)/t19-,22?/m1/s1. The van der Waals surface area contributed by atoms with Gasteiger partial charge in [-0.25, -0.2) is 14.2 Å². The van der Waals surface area contributed by atoms with Gasteiger partial charge in [-0.1, -0.05) is 12.1 Å². The Kier molecular flexibility index (Phi) is 5.50. The third-order valence-corrected chi connectivity index (χ3v) is 6.98. The summed E-state index contributed by atoms with van der Waals surface area (Å²) in [6.45, 7) is 1.82. The molecule has 1 aromatic heterocycles.